The van der Waals surface area contributed by atoms with E-state index in [0.717, 1.165) is 30.3 Å². The van der Waals surface area contributed by atoms with Gasteiger partial charge in [0.25, 0.3) is 0 Å². The predicted octanol–water partition coefficient (Wildman–Crippen LogP) is 2.02. The number of carbonyl (C=O) groups is 1. The molecule has 1 aliphatic rings. The Kier molecular flexibility index (Phi) is 5.35. The molecule has 0 bridgehead atoms. The number of nitrogens with one attached hydrogen (secondary N) is 2. The number of imidazole rings is 1. The summed E-state index contributed by atoms with van der Waals surface area (Å²) in [6.45, 7) is 6.19. The minimum Gasteiger partial charge on any atom is -0.375 e. The van der Waals surface area contributed by atoms with Gasteiger partial charge in [0.05, 0.1) is 12.1 Å². The van der Waals surface area contributed by atoms with Crippen molar-refractivity contribution in [3.05, 3.63) is 42.5 Å². The van der Waals surface area contributed by atoms with Crippen molar-refractivity contribution in [2.45, 2.75) is 26.0 Å². The third-order valence-corrected chi connectivity index (χ3v) is 4.38. The predicted molar refractivity (Wildman–Crippen MR) is 97.2 cm³/mol. The quantitative estimate of drug-likeness (QED) is 0.871. The number of likely N-dealkylation sites (tertiary alicyclic amines) is 1. The van der Waals surface area contributed by atoms with Crippen molar-refractivity contribution >= 4 is 11.7 Å². The molecule has 1 aliphatic heterocycles. The van der Waals surface area contributed by atoms with Crippen LogP contribution in [0.1, 0.15) is 12.7 Å². The van der Waals surface area contributed by atoms with E-state index < -0.39 is 0 Å². The molecule has 2 aromatic rings. The maximum atomic E-state index is 12.3. The molecule has 0 unspecified atom stereocenters. The Balaban J connectivity index is 1.58. The zero-order valence-electron chi connectivity index (χ0n) is 14.9. The fourth-order valence-corrected chi connectivity index (χ4v) is 3.18. The molecule has 2 heterocycles. The van der Waals surface area contributed by atoms with Gasteiger partial charge in [-0.25, -0.2) is 9.78 Å². The molecule has 0 spiro atoms. The van der Waals surface area contributed by atoms with E-state index in [1.165, 1.54) is 0 Å². The number of anilines is 1. The molecule has 1 aromatic heterocycles. The van der Waals surface area contributed by atoms with E-state index in [0.29, 0.717) is 6.61 Å². The van der Waals surface area contributed by atoms with Crippen LogP contribution in [0.5, 0.6) is 0 Å². The van der Waals surface area contributed by atoms with Crippen LogP contribution >= 0.6 is 0 Å². The Morgan fingerprint density at radius 2 is 2.08 bits per heavy atom. The number of ether oxygens (including phenoxy) is 1. The topological polar surface area (TPSA) is 71.4 Å². The number of aryl methyl sites for hydroxylation is 1. The molecule has 2 atom stereocenters. The van der Waals surface area contributed by atoms with E-state index in [1.54, 1.807) is 6.20 Å². The van der Waals surface area contributed by atoms with Gasteiger partial charge in [-0.2, -0.15) is 0 Å². The van der Waals surface area contributed by atoms with Crippen LogP contribution in [0, 0.1) is 6.92 Å². The number of carbonyl (C=O) groups excluding carboxylic acids is 1. The molecule has 0 saturated carbocycles. The Labute approximate surface area is 148 Å². The minimum atomic E-state index is -0.212. The van der Waals surface area contributed by atoms with E-state index >= 15 is 0 Å². The average Bonchev–Trinajstić information content (AvgIpc) is 3.14. The van der Waals surface area contributed by atoms with Gasteiger partial charge in [-0.1, -0.05) is 0 Å². The van der Waals surface area contributed by atoms with Gasteiger partial charge in [0.1, 0.15) is 5.82 Å². The first-order valence-corrected chi connectivity index (χ1v) is 8.55. The second-order valence-electron chi connectivity index (χ2n) is 6.31. The number of benzene rings is 1. The number of nitrogens with zero attached hydrogens (tertiary/aromatic N) is 3. The summed E-state index contributed by atoms with van der Waals surface area (Å²) in [5.74, 6) is 0.922. The number of urea groups is 1. The number of likely N-dealkylation sites (N-methyl/N-ethyl adjacent to an activating group) is 1. The number of amides is 2. The summed E-state index contributed by atoms with van der Waals surface area (Å²) >= 11 is 0. The Bertz CT molecular complexity index is 713. The van der Waals surface area contributed by atoms with E-state index in [9.17, 15) is 4.79 Å². The second kappa shape index (κ2) is 7.67. The Morgan fingerprint density at radius 1 is 1.32 bits per heavy atom. The van der Waals surface area contributed by atoms with Gasteiger partial charge < -0.3 is 24.8 Å². The van der Waals surface area contributed by atoms with Crippen LogP contribution in [-0.2, 0) is 4.74 Å². The molecule has 2 N–H and O–H groups in total. The van der Waals surface area contributed by atoms with E-state index in [1.807, 2.05) is 55.9 Å². The molecule has 0 aliphatic carbocycles. The minimum absolute atomic E-state index is 0.00202. The summed E-state index contributed by atoms with van der Waals surface area (Å²) in [6.07, 6.45) is 3.71. The highest BCUT2D eigenvalue weighted by atomic mass is 16.5. The van der Waals surface area contributed by atoms with Crippen molar-refractivity contribution in [1.29, 1.82) is 0 Å². The lowest BCUT2D eigenvalue weighted by molar-refractivity contribution is 0.0568. The van der Waals surface area contributed by atoms with Crippen molar-refractivity contribution < 1.29 is 9.53 Å². The summed E-state index contributed by atoms with van der Waals surface area (Å²) < 4.78 is 7.70. The zero-order chi connectivity index (χ0) is 17.8. The Morgan fingerprint density at radius 3 is 2.72 bits per heavy atom. The second-order valence-corrected chi connectivity index (χ2v) is 6.31. The molecule has 1 aromatic carbocycles. The lowest BCUT2D eigenvalue weighted by atomic mass is 10.2. The van der Waals surface area contributed by atoms with Gasteiger partial charge in [-0.15, -0.1) is 0 Å². The number of rotatable bonds is 5. The van der Waals surface area contributed by atoms with Gasteiger partial charge in [0.2, 0.25) is 0 Å². The van der Waals surface area contributed by atoms with Crippen LogP contribution in [0.15, 0.2) is 36.7 Å². The van der Waals surface area contributed by atoms with Gasteiger partial charge >= 0.3 is 6.03 Å². The van der Waals surface area contributed by atoms with Crippen molar-refractivity contribution in [2.24, 2.45) is 0 Å². The maximum absolute atomic E-state index is 12.3. The van der Waals surface area contributed by atoms with Gasteiger partial charge in [-0.05, 0) is 45.2 Å². The van der Waals surface area contributed by atoms with E-state index in [-0.39, 0.29) is 18.2 Å². The van der Waals surface area contributed by atoms with Gasteiger partial charge in [-0.3, -0.25) is 0 Å². The molecule has 3 rings (SSSR count). The lowest BCUT2D eigenvalue weighted by Crippen LogP contribution is -2.45. The van der Waals surface area contributed by atoms with Crippen LogP contribution < -0.4 is 10.6 Å². The molecular weight excluding hydrogens is 318 g/mol. The first-order chi connectivity index (χ1) is 12.1. The Hall–Kier alpha value is -2.38. The van der Waals surface area contributed by atoms with Crippen molar-refractivity contribution in [2.75, 3.05) is 32.1 Å². The smallest absolute Gasteiger partial charge is 0.319 e. The molecule has 7 heteroatoms. The fourth-order valence-electron chi connectivity index (χ4n) is 3.18. The summed E-state index contributed by atoms with van der Waals surface area (Å²) in [5.41, 5.74) is 1.76. The SMILES string of the molecule is CCO[C@H]1CN(C)C[C@@H]1NC(=O)Nc1ccc(-n2ccnc2C)cc1. The van der Waals surface area contributed by atoms with Crippen LogP contribution in [0.25, 0.3) is 5.69 Å². The lowest BCUT2D eigenvalue weighted by Gasteiger charge is -2.20. The zero-order valence-corrected chi connectivity index (χ0v) is 14.9. The molecule has 1 saturated heterocycles. The molecular formula is C18H25N5O2. The average molecular weight is 343 g/mol. The summed E-state index contributed by atoms with van der Waals surface area (Å²) in [4.78, 5) is 18.7. The van der Waals surface area contributed by atoms with E-state index in [4.69, 9.17) is 4.74 Å². The van der Waals surface area contributed by atoms with Gasteiger partial charge in [0, 0.05) is 43.5 Å². The van der Waals surface area contributed by atoms with Crippen molar-refractivity contribution in [3.63, 3.8) is 0 Å². The number of hydrogen-bond donors (Lipinski definition) is 2. The van der Waals surface area contributed by atoms with Gasteiger partial charge in [0.15, 0.2) is 0 Å². The first-order valence-electron chi connectivity index (χ1n) is 8.55. The third kappa shape index (κ3) is 4.18. The molecule has 2 amide bonds. The third-order valence-electron chi connectivity index (χ3n) is 4.38. The van der Waals surface area contributed by atoms with E-state index in [2.05, 4.69) is 20.5 Å². The summed E-state index contributed by atoms with van der Waals surface area (Å²) in [7, 11) is 2.03. The van der Waals surface area contributed by atoms with Crippen LogP contribution in [0.2, 0.25) is 0 Å². The first kappa shape index (κ1) is 17.4. The fraction of sp³-hybridized carbons (Fsp3) is 0.444. The highest BCUT2D eigenvalue weighted by Gasteiger charge is 2.32. The van der Waals surface area contributed by atoms with Crippen molar-refractivity contribution in [3.8, 4) is 5.69 Å². The van der Waals surface area contributed by atoms with Crippen LogP contribution in [0.4, 0.5) is 10.5 Å². The monoisotopic (exact) mass is 343 g/mol. The summed E-state index contributed by atoms with van der Waals surface area (Å²) in [5, 5.41) is 5.90. The van der Waals surface area contributed by atoms with Crippen LogP contribution in [-0.4, -0.2) is 59.4 Å². The molecule has 1 fully saturated rings. The number of hydrogen-bond acceptors (Lipinski definition) is 4. The van der Waals surface area contributed by atoms with Crippen LogP contribution in [0.3, 0.4) is 0 Å². The molecule has 134 valence electrons. The normalized spacial score (nSPS) is 20.6. The summed E-state index contributed by atoms with van der Waals surface area (Å²) in [6, 6.07) is 7.46. The molecule has 0 radical (unpaired) electrons. The van der Waals surface area contributed by atoms with Crippen molar-refractivity contribution in [1.82, 2.24) is 19.8 Å². The highest BCUT2D eigenvalue weighted by Crippen LogP contribution is 2.16. The number of aromatic nitrogens is 2. The molecule has 25 heavy (non-hydrogen) atoms. The standard InChI is InChI=1S/C18H25N5O2/c1-4-25-17-12-22(3)11-16(17)21-18(24)20-14-5-7-15(8-6-14)23-10-9-19-13(23)2/h5-10,16-17H,4,11-12H2,1-3H3,(H2,20,21,24)/t16-,17-/m0/s1. The maximum Gasteiger partial charge on any atom is 0.319 e. The highest BCUT2D eigenvalue weighted by molar-refractivity contribution is 5.89. The molecule has 7 nitrogen and oxygen atoms in total. The largest absolute Gasteiger partial charge is 0.375 e.